The highest BCUT2D eigenvalue weighted by atomic mass is 32.1. The standard InChI is InChI=1S/C19H19NO4S/c21-17(11-16-18-12(7-9-23-16)8-10-25-18)24-15-5-3-14(4-6-15)20-19(22)13-1-2-13/h3-6,8,10,13,16H,1-2,7,9,11H2,(H,20,22)/t16-/m0/s1. The number of rotatable bonds is 5. The van der Waals surface area contributed by atoms with Gasteiger partial charge in [-0.15, -0.1) is 11.3 Å². The summed E-state index contributed by atoms with van der Waals surface area (Å²) in [7, 11) is 0. The molecule has 0 saturated heterocycles. The number of hydrogen-bond acceptors (Lipinski definition) is 5. The van der Waals surface area contributed by atoms with Gasteiger partial charge in [0.2, 0.25) is 5.91 Å². The monoisotopic (exact) mass is 357 g/mol. The smallest absolute Gasteiger partial charge is 0.314 e. The zero-order valence-electron chi connectivity index (χ0n) is 13.7. The van der Waals surface area contributed by atoms with Gasteiger partial charge in [-0.05, 0) is 60.5 Å². The molecule has 1 atom stereocenters. The molecule has 0 radical (unpaired) electrons. The number of thiophene rings is 1. The lowest BCUT2D eigenvalue weighted by Crippen LogP contribution is -2.19. The average molecular weight is 357 g/mol. The number of carbonyl (C=O) groups is 2. The molecule has 5 nitrogen and oxygen atoms in total. The summed E-state index contributed by atoms with van der Waals surface area (Å²) in [5.41, 5.74) is 1.99. The van der Waals surface area contributed by atoms with Crippen LogP contribution in [0.5, 0.6) is 5.75 Å². The van der Waals surface area contributed by atoms with Gasteiger partial charge in [0.1, 0.15) is 11.9 Å². The third kappa shape index (κ3) is 3.91. The van der Waals surface area contributed by atoms with E-state index in [1.807, 2.05) is 5.38 Å². The Labute approximate surface area is 150 Å². The van der Waals surface area contributed by atoms with E-state index in [1.54, 1.807) is 35.6 Å². The average Bonchev–Trinajstić information content (AvgIpc) is 3.34. The first-order valence-electron chi connectivity index (χ1n) is 8.48. The van der Waals surface area contributed by atoms with E-state index in [4.69, 9.17) is 9.47 Å². The minimum absolute atomic E-state index is 0.0611. The highest BCUT2D eigenvalue weighted by molar-refractivity contribution is 7.10. The fourth-order valence-corrected chi connectivity index (χ4v) is 3.90. The van der Waals surface area contributed by atoms with E-state index in [1.165, 1.54) is 5.56 Å². The van der Waals surface area contributed by atoms with Gasteiger partial charge in [0, 0.05) is 16.5 Å². The molecule has 130 valence electrons. The van der Waals surface area contributed by atoms with Gasteiger partial charge in [0.05, 0.1) is 13.0 Å². The molecule has 0 unspecified atom stereocenters. The summed E-state index contributed by atoms with van der Waals surface area (Å²) in [6.07, 6.45) is 2.83. The number of amides is 1. The topological polar surface area (TPSA) is 64.6 Å². The molecule has 1 aromatic heterocycles. The second kappa shape index (κ2) is 6.98. The van der Waals surface area contributed by atoms with Crippen LogP contribution in [0.4, 0.5) is 5.69 Å². The zero-order chi connectivity index (χ0) is 17.2. The third-order valence-electron chi connectivity index (χ3n) is 4.42. The maximum atomic E-state index is 12.2. The van der Waals surface area contributed by atoms with Crippen LogP contribution in [-0.4, -0.2) is 18.5 Å². The van der Waals surface area contributed by atoms with Gasteiger partial charge in [0.15, 0.2) is 0 Å². The van der Waals surface area contributed by atoms with Gasteiger partial charge >= 0.3 is 5.97 Å². The van der Waals surface area contributed by atoms with Crippen molar-refractivity contribution in [3.63, 3.8) is 0 Å². The van der Waals surface area contributed by atoms with Gasteiger partial charge in [-0.2, -0.15) is 0 Å². The van der Waals surface area contributed by atoms with Crippen molar-refractivity contribution >= 4 is 28.9 Å². The van der Waals surface area contributed by atoms with Crippen molar-refractivity contribution in [3.05, 3.63) is 46.2 Å². The van der Waals surface area contributed by atoms with Crippen LogP contribution in [-0.2, 0) is 20.7 Å². The Morgan fingerprint density at radius 2 is 2.00 bits per heavy atom. The Bertz CT molecular complexity index is 779. The predicted molar refractivity (Wildman–Crippen MR) is 94.8 cm³/mol. The highest BCUT2D eigenvalue weighted by Crippen LogP contribution is 2.34. The lowest BCUT2D eigenvalue weighted by atomic mass is 10.1. The first-order valence-corrected chi connectivity index (χ1v) is 9.36. The first kappa shape index (κ1) is 16.3. The molecule has 1 fully saturated rings. The van der Waals surface area contributed by atoms with E-state index in [2.05, 4.69) is 11.4 Å². The predicted octanol–water partition coefficient (Wildman–Crippen LogP) is 3.71. The van der Waals surface area contributed by atoms with Gasteiger partial charge in [-0.3, -0.25) is 9.59 Å². The Morgan fingerprint density at radius 3 is 2.76 bits per heavy atom. The molecule has 0 bridgehead atoms. The van der Waals surface area contributed by atoms with E-state index in [0.717, 1.165) is 29.8 Å². The second-order valence-corrected chi connectivity index (χ2v) is 7.33. The van der Waals surface area contributed by atoms with Gasteiger partial charge in [-0.25, -0.2) is 0 Å². The van der Waals surface area contributed by atoms with Gasteiger partial charge < -0.3 is 14.8 Å². The molecular formula is C19H19NO4S. The number of nitrogens with one attached hydrogen (secondary N) is 1. The number of ether oxygens (including phenoxy) is 2. The Balaban J connectivity index is 1.33. The SMILES string of the molecule is O=C(C[C@@H]1OCCc2ccsc21)Oc1ccc(NC(=O)C2CC2)cc1. The molecular weight excluding hydrogens is 338 g/mol. The van der Waals surface area contributed by atoms with Gasteiger partial charge in [0.25, 0.3) is 0 Å². The molecule has 4 rings (SSSR count). The van der Waals surface area contributed by atoms with E-state index in [0.29, 0.717) is 12.4 Å². The number of carbonyl (C=O) groups excluding carboxylic acids is 2. The fraction of sp³-hybridized carbons (Fsp3) is 0.368. The molecule has 2 aliphatic rings. The summed E-state index contributed by atoms with van der Waals surface area (Å²) >= 11 is 1.62. The van der Waals surface area contributed by atoms with Crippen molar-refractivity contribution in [2.75, 3.05) is 11.9 Å². The molecule has 2 aromatic rings. The summed E-state index contributed by atoms with van der Waals surface area (Å²) in [4.78, 5) is 25.1. The minimum Gasteiger partial charge on any atom is -0.426 e. The van der Waals surface area contributed by atoms with Crippen molar-refractivity contribution in [3.8, 4) is 5.75 Å². The Morgan fingerprint density at radius 1 is 1.20 bits per heavy atom. The van der Waals surface area contributed by atoms with E-state index in [9.17, 15) is 9.59 Å². The summed E-state index contributed by atoms with van der Waals surface area (Å²) in [5.74, 6) is 0.374. The van der Waals surface area contributed by atoms with Crippen LogP contribution in [0.1, 0.15) is 35.8 Å². The molecule has 1 aliphatic carbocycles. The van der Waals surface area contributed by atoms with Crippen molar-refractivity contribution < 1.29 is 19.1 Å². The third-order valence-corrected chi connectivity index (χ3v) is 5.47. The molecule has 6 heteroatoms. The van der Waals surface area contributed by atoms with Crippen LogP contribution >= 0.6 is 11.3 Å². The first-order chi connectivity index (χ1) is 12.2. The molecule has 1 amide bonds. The van der Waals surface area contributed by atoms with Crippen molar-refractivity contribution in [1.29, 1.82) is 0 Å². The summed E-state index contributed by atoms with van der Waals surface area (Å²) < 4.78 is 11.1. The van der Waals surface area contributed by atoms with E-state index < -0.39 is 0 Å². The van der Waals surface area contributed by atoms with Crippen molar-refractivity contribution in [2.24, 2.45) is 5.92 Å². The molecule has 2 heterocycles. The number of anilines is 1. The quantitative estimate of drug-likeness (QED) is 0.654. The molecule has 0 spiro atoms. The fourth-order valence-electron chi connectivity index (χ4n) is 2.90. The van der Waals surface area contributed by atoms with Crippen molar-refractivity contribution in [1.82, 2.24) is 0 Å². The Kier molecular flexibility index (Phi) is 4.55. The molecule has 1 aliphatic heterocycles. The highest BCUT2D eigenvalue weighted by Gasteiger charge is 2.29. The summed E-state index contributed by atoms with van der Waals surface area (Å²) in [6, 6.07) is 8.97. The number of hydrogen-bond donors (Lipinski definition) is 1. The van der Waals surface area contributed by atoms with Crippen LogP contribution in [0, 0.1) is 5.92 Å². The number of esters is 1. The lowest BCUT2D eigenvalue weighted by molar-refractivity contribution is -0.137. The maximum absolute atomic E-state index is 12.2. The van der Waals surface area contributed by atoms with E-state index >= 15 is 0 Å². The van der Waals surface area contributed by atoms with Gasteiger partial charge in [-0.1, -0.05) is 0 Å². The number of benzene rings is 1. The maximum Gasteiger partial charge on any atom is 0.314 e. The molecule has 25 heavy (non-hydrogen) atoms. The molecule has 1 N–H and O–H groups in total. The van der Waals surface area contributed by atoms with Crippen molar-refractivity contribution in [2.45, 2.75) is 31.8 Å². The van der Waals surface area contributed by atoms with Crippen LogP contribution < -0.4 is 10.1 Å². The molecule has 1 saturated carbocycles. The second-order valence-electron chi connectivity index (χ2n) is 6.39. The summed E-state index contributed by atoms with van der Waals surface area (Å²) in [6.45, 7) is 0.636. The zero-order valence-corrected chi connectivity index (χ0v) is 14.5. The van der Waals surface area contributed by atoms with Crippen LogP contribution in [0.3, 0.4) is 0 Å². The van der Waals surface area contributed by atoms with E-state index in [-0.39, 0.29) is 30.3 Å². The number of fused-ring (bicyclic) bond motifs is 1. The largest absolute Gasteiger partial charge is 0.426 e. The lowest BCUT2D eigenvalue weighted by Gasteiger charge is -2.22. The Hall–Kier alpha value is -2.18. The minimum atomic E-state index is -0.319. The van der Waals surface area contributed by atoms with Crippen LogP contribution in [0.2, 0.25) is 0 Å². The molecule has 1 aromatic carbocycles. The van der Waals surface area contributed by atoms with Crippen LogP contribution in [0.15, 0.2) is 35.7 Å². The normalized spacial score (nSPS) is 19.1. The summed E-state index contributed by atoms with van der Waals surface area (Å²) in [5, 5.41) is 4.89. The van der Waals surface area contributed by atoms with Crippen LogP contribution in [0.25, 0.3) is 0 Å².